The molecule has 604 valence electrons. The third kappa shape index (κ3) is 26.4. The van der Waals surface area contributed by atoms with E-state index < -0.39 is 175 Å². The first-order chi connectivity index (χ1) is 54.1. The zero-order chi connectivity index (χ0) is 82.3. The number of nitrogens with two attached hydrogens (primary N) is 4. The average Bonchev–Trinajstić information content (AvgIpc) is 1.63. The van der Waals surface area contributed by atoms with Gasteiger partial charge in [0.1, 0.15) is 65.5 Å². The number of para-hydroxylation sites is 1. The number of aromatic nitrogens is 6. The van der Waals surface area contributed by atoms with Gasteiger partial charge in [-0.2, -0.15) is 4.68 Å². The molecule has 0 saturated heterocycles. The van der Waals surface area contributed by atoms with Gasteiger partial charge in [-0.05, 0) is 116 Å². The highest BCUT2D eigenvalue weighted by atomic mass is 16.5. The van der Waals surface area contributed by atoms with E-state index in [0.717, 1.165) is 26.2 Å². The molecule has 0 aliphatic rings. The first-order valence-corrected chi connectivity index (χ1v) is 36.0. The van der Waals surface area contributed by atoms with Crippen LogP contribution in [0.4, 0.5) is 0 Å². The van der Waals surface area contributed by atoms with Crippen molar-refractivity contribution in [3.63, 3.8) is 0 Å². The quantitative estimate of drug-likeness (QED) is 0.00449. The Bertz CT molecular complexity index is 4630. The van der Waals surface area contributed by atoms with Crippen LogP contribution < -0.4 is 92.2 Å². The fraction of sp³-hybridized carbons (Fsp3) is 0.403. The van der Waals surface area contributed by atoms with Crippen LogP contribution in [-0.2, 0) is 78.4 Å². The number of benzene rings is 4. The number of primary amides is 1. The van der Waals surface area contributed by atoms with Crippen LogP contribution in [0.3, 0.4) is 0 Å². The maximum atomic E-state index is 14.8. The summed E-state index contributed by atoms with van der Waals surface area (Å²) >= 11 is 0. The van der Waals surface area contributed by atoms with Crippen LogP contribution in [0, 0.1) is 11.3 Å². The number of azide groups is 1. The van der Waals surface area contributed by atoms with Crippen LogP contribution in [0.5, 0.6) is 11.5 Å². The molecule has 7 aromatic rings. The molecule has 4 aromatic carbocycles. The number of H-pyrrole nitrogens is 3. The smallest absolute Gasteiger partial charge is 0.356 e. The molecule has 0 fully saturated rings. The lowest BCUT2D eigenvalue weighted by Gasteiger charge is -2.28. The maximum absolute atomic E-state index is 14.8. The highest BCUT2D eigenvalue weighted by molar-refractivity contribution is 5.99. The van der Waals surface area contributed by atoms with Gasteiger partial charge < -0.3 is 106 Å². The number of guanidine groups is 1. The third-order valence-electron chi connectivity index (χ3n) is 17.8. The van der Waals surface area contributed by atoms with Crippen LogP contribution in [0.1, 0.15) is 81.2 Å². The molecule has 0 aliphatic heterocycles. The zero-order valence-corrected chi connectivity index (χ0v) is 61.8. The van der Waals surface area contributed by atoms with Crippen molar-refractivity contribution in [3.8, 4) is 22.9 Å². The molecule has 3 heterocycles. The minimum absolute atomic E-state index is 0.0147. The molecule has 25 N–H and O–H groups in total. The predicted molar refractivity (Wildman–Crippen MR) is 408 cm³/mol. The van der Waals surface area contributed by atoms with Crippen LogP contribution in [-0.4, -0.2) is 209 Å². The number of ether oxygens (including phenoxy) is 1. The van der Waals surface area contributed by atoms with E-state index in [1.807, 2.05) is 0 Å². The summed E-state index contributed by atoms with van der Waals surface area (Å²) < 4.78 is 6.96. The van der Waals surface area contributed by atoms with Crippen molar-refractivity contribution in [2.75, 3.05) is 39.4 Å². The van der Waals surface area contributed by atoms with E-state index in [1.165, 1.54) is 48.9 Å². The van der Waals surface area contributed by atoms with E-state index >= 15 is 0 Å². The van der Waals surface area contributed by atoms with E-state index in [0.29, 0.717) is 23.3 Å². The van der Waals surface area contributed by atoms with Crippen molar-refractivity contribution in [2.24, 2.45) is 34.0 Å². The van der Waals surface area contributed by atoms with Gasteiger partial charge in [0.15, 0.2) is 5.96 Å². The summed E-state index contributed by atoms with van der Waals surface area (Å²) in [5, 5.41) is 71.3. The van der Waals surface area contributed by atoms with Gasteiger partial charge in [-0.3, -0.25) is 53.4 Å². The van der Waals surface area contributed by atoms with Crippen LogP contribution in [0.15, 0.2) is 130 Å². The van der Waals surface area contributed by atoms with Crippen molar-refractivity contribution in [1.82, 2.24) is 82.5 Å². The summed E-state index contributed by atoms with van der Waals surface area (Å²) in [5.74, 6) is -12.2. The lowest BCUT2D eigenvalue weighted by Crippen LogP contribution is -2.61. The summed E-state index contributed by atoms with van der Waals surface area (Å²) in [7, 11) is 0. The molecule has 3 aromatic heterocycles. The first-order valence-electron chi connectivity index (χ1n) is 36.0. The summed E-state index contributed by atoms with van der Waals surface area (Å²) in [4.78, 5) is 193. The number of carbonyl (C=O) groups is 11. The number of phenolic OH excluding ortho intramolecular Hbond substituents is 1. The fourth-order valence-electron chi connectivity index (χ4n) is 11.7. The Morgan fingerprint density at radius 3 is 1.85 bits per heavy atom. The van der Waals surface area contributed by atoms with E-state index in [1.54, 1.807) is 74.6 Å². The van der Waals surface area contributed by atoms with Crippen LogP contribution in [0.2, 0.25) is 0 Å². The number of aliphatic hydroxyl groups is 1. The minimum Gasteiger partial charge on any atom is -0.506 e. The Kier molecular flexibility index (Phi) is 33.1. The summed E-state index contributed by atoms with van der Waals surface area (Å²) in [6.07, 6.45) is 2.38. The second-order valence-corrected chi connectivity index (χ2v) is 26.5. The van der Waals surface area contributed by atoms with Crippen molar-refractivity contribution in [1.29, 1.82) is 5.41 Å². The van der Waals surface area contributed by atoms with Gasteiger partial charge in [0, 0.05) is 66.9 Å². The lowest BCUT2D eigenvalue weighted by molar-refractivity contribution is -0.141. The number of aliphatic carboxylic acids is 1. The van der Waals surface area contributed by atoms with Crippen molar-refractivity contribution in [2.45, 2.75) is 139 Å². The number of aromatic hydroxyl groups is 1. The van der Waals surface area contributed by atoms with Gasteiger partial charge in [-0.25, -0.2) is 29.0 Å². The number of aromatic amines is 3. The monoisotopic (exact) mass is 1570 g/mol. The first kappa shape index (κ1) is 86.8. The van der Waals surface area contributed by atoms with E-state index in [9.17, 15) is 77.6 Å². The van der Waals surface area contributed by atoms with E-state index in [4.69, 9.17) is 38.6 Å². The highest BCUT2D eigenvalue weighted by Crippen LogP contribution is 2.24. The van der Waals surface area contributed by atoms with Crippen molar-refractivity contribution < 1.29 is 72.8 Å². The van der Waals surface area contributed by atoms with Crippen LogP contribution in [0.25, 0.3) is 32.7 Å². The molecule has 0 saturated carbocycles. The SMILES string of the molecule is CC(C)C(N)C(=O)NC(Cc1c[nH]c2ccccc12)C(=O)NC(CO)C(=O)NC(CCC(N)=O)C(=O)NC(CCCCN)C(=O)NC(CCCNC(=N)N)C(=O)NC(Cc1c[nH]cn1)C(=O)NC(Cc1ccccc1)C(=O)NCC(=O)NC(Cc1ccc(O)c(-n2[nH]c(=O)n(-c3ccc(OCCN=[N+]=[N-])cc3)c2=O)c1)C(=O)O. The second kappa shape index (κ2) is 43.1. The average molecular weight is 1570 g/mol. The van der Waals surface area contributed by atoms with Crippen molar-refractivity contribution >= 4 is 81.9 Å². The fourth-order valence-corrected chi connectivity index (χ4v) is 11.7. The number of aliphatic hydroxyl groups excluding tert-OH is 1. The molecule has 7 rings (SSSR count). The molecule has 41 heteroatoms. The number of amides is 10. The van der Waals surface area contributed by atoms with Gasteiger partial charge in [0.05, 0.1) is 50.1 Å². The third-order valence-corrected chi connectivity index (χ3v) is 17.8. The lowest BCUT2D eigenvalue weighted by atomic mass is 10.0. The number of carboxylic acid groups (broad SMARTS) is 1. The number of unbranched alkanes of at least 4 members (excludes halogenated alkanes) is 1. The molecule has 10 amide bonds. The minimum atomic E-state index is -1.79. The Hall–Kier alpha value is -13.4. The number of nitrogens with one attached hydrogen (secondary N) is 14. The van der Waals surface area contributed by atoms with E-state index in [-0.39, 0.29) is 99.7 Å². The number of hydrogen-bond acceptors (Lipinski definition) is 21. The van der Waals surface area contributed by atoms with Gasteiger partial charge in [-0.15, -0.1) is 0 Å². The van der Waals surface area contributed by atoms with E-state index in [2.05, 4.69) is 83.2 Å². The molecule has 9 atom stereocenters. The summed E-state index contributed by atoms with van der Waals surface area (Å²) in [6.45, 7) is 1.72. The summed E-state index contributed by atoms with van der Waals surface area (Å²) in [5.41, 5.74) is 31.7. The topological polar surface area (TPSA) is 659 Å². The molecule has 0 radical (unpaired) electrons. The Balaban J connectivity index is 1.06. The molecular weight excluding hydrogens is 1470 g/mol. The predicted octanol–water partition coefficient (Wildman–Crippen LogP) is -3.10. The number of imidazole rings is 1. The highest BCUT2D eigenvalue weighted by Gasteiger charge is 2.36. The molecule has 0 aliphatic carbocycles. The number of nitrogens with zero attached hydrogens (tertiary/aromatic N) is 6. The van der Waals surface area contributed by atoms with Gasteiger partial charge in [-0.1, -0.05) is 73.6 Å². The largest absolute Gasteiger partial charge is 0.506 e. The molecule has 0 spiro atoms. The number of rotatable bonds is 46. The van der Waals surface area contributed by atoms with Crippen LogP contribution >= 0.6 is 0 Å². The molecule has 9 unspecified atom stereocenters. The molecule has 113 heavy (non-hydrogen) atoms. The number of phenols is 1. The number of hydrogen-bond donors (Lipinski definition) is 21. The van der Waals surface area contributed by atoms with Gasteiger partial charge in [0.2, 0.25) is 59.1 Å². The molecule has 0 bridgehead atoms. The Morgan fingerprint density at radius 1 is 0.655 bits per heavy atom. The normalized spacial score (nSPS) is 13.5. The molecular formula is C72H94N24O17. The Morgan fingerprint density at radius 2 is 1.24 bits per heavy atom. The van der Waals surface area contributed by atoms with Crippen molar-refractivity contribution in [3.05, 3.63) is 170 Å². The maximum Gasteiger partial charge on any atom is 0.356 e. The number of carbonyl (C=O) groups excluding carboxylic acids is 10. The summed E-state index contributed by atoms with van der Waals surface area (Å²) in [6, 6.07) is 11.0. The number of carboxylic acids is 1. The Labute approximate surface area is 644 Å². The second-order valence-electron chi connectivity index (χ2n) is 26.5. The molecule has 41 nitrogen and oxygen atoms in total. The standard InChI is InChI=1S/C72H94N24O17/c1-39(2)60(75)68(108)91-52(32-42-34-81-47-14-7-6-13-46(42)47)65(105)92-55(37-97)67(107)88-50(22-24-58(74)99)64(104)86-48(15-8-9-25-73)62(102)87-49(16-10-26-80-70(76)77)63(103)90-53(33-43-35-79-38-83-43)66(106)89-51(29-40-11-4-3-5-12-40)61(101)82-36-59(100)85-54(69(109)110)30-41-17-23-57(98)56(31-41)96-72(112)95(71(111)93-96)44-18-20-45(21-19-44)113-28-27-84-94-78/h3-7,11-14,17-21,23,31,34-35,38-39,48-55,60,81,97-98H,8-10,15-16,22,24-30,32-33,36-37,73,75H2,1-2H3,(H2,74,99)(H,79,83)(H,82,101)(H,85,100)(H,86,104)(H,87,102)(H,88,107)(H,89,106)(H,90,103)(H,91,108)(H,92,105)(H,93,111)(H,109,110)(H4,76,77,80). The zero-order valence-electron chi connectivity index (χ0n) is 61.8. The number of fused-ring (bicyclic) bond motifs is 1. The van der Waals surface area contributed by atoms with Gasteiger partial charge >= 0.3 is 17.3 Å². The van der Waals surface area contributed by atoms with Gasteiger partial charge in [0.25, 0.3) is 0 Å².